The van der Waals surface area contributed by atoms with Gasteiger partial charge in [0.25, 0.3) is 0 Å². The molecule has 0 aliphatic rings. The SMILES string of the molecule is Brc1ccc(-c2nnc3c4ccccc4c4ccccc4n23)cc1.[2H]B([3H])[3H].[I][Pt][I].c1ccc2c(c1)sc1c(-c3ccc(-c4nnc5c6ccccc6c6ccccc6n45)cc3)cccc12. The van der Waals surface area contributed by atoms with Gasteiger partial charge in [-0.05, 0) is 56.2 Å². The molecule has 0 unspecified atom stereocenters. The molecule has 0 saturated carbocycles. The van der Waals surface area contributed by atoms with Gasteiger partial charge in [-0.2, -0.15) is 0 Å². The predicted octanol–water partition coefficient (Wildman–Crippen LogP) is 14.8. The molecule has 0 atom stereocenters. The van der Waals surface area contributed by atoms with Crippen LogP contribution in [0.4, 0.5) is 0 Å². The van der Waals surface area contributed by atoms with Crippen molar-refractivity contribution in [2.24, 2.45) is 0 Å². The number of halogens is 3. The van der Waals surface area contributed by atoms with Crippen molar-refractivity contribution >= 4 is 149 Å². The minimum absolute atomic E-state index is 0.523. The number of thiophene rings is 1. The van der Waals surface area contributed by atoms with Gasteiger partial charge in [0.15, 0.2) is 22.9 Å². The molecule has 312 valence electrons. The molecule has 13 rings (SSSR count). The number of nitrogens with zero attached hydrogens (tertiary/aromatic N) is 6. The van der Waals surface area contributed by atoms with Crippen LogP contribution in [0.1, 0.15) is 0 Å². The summed E-state index contributed by atoms with van der Waals surface area (Å²) in [6, 6.07) is 65.9. The maximum atomic E-state index is 5.92. The van der Waals surface area contributed by atoms with Gasteiger partial charge in [0.2, 0.25) is 0 Å². The standard InChI is InChI=1S/C32H19N3S.C20H12BrN3.BH3.2HI.Pt/c1-2-11-27-23(8-1)24-9-3-5-14-28(24)35-31(33-34-32(27)35)21-18-16-20(17-19-21)22-12-7-13-26-25-10-4-6-15-29(25)36-30(22)26;21-14-11-9-13(10-12-14)19-22-23-20-17-7-2-1-5-15(17)16-6-3-4-8-18(16)24(19)20;;;;/h1-19H;1-12H;1H3;2*1H;/q;;;;;+2/p-2/i;;1T2D;;;. The minimum atomic E-state index is -1.42. The van der Waals surface area contributed by atoms with Gasteiger partial charge >= 0.3 is 49.9 Å². The second kappa shape index (κ2) is 18.4. The smallest absolute Gasteiger partial charge is 0.169 e. The average molecular weight is 1320 g/mol. The summed E-state index contributed by atoms with van der Waals surface area (Å²) >= 11 is 10.6. The monoisotopic (exact) mass is 1320 g/mol. The van der Waals surface area contributed by atoms with E-state index in [1.165, 1.54) is 52.8 Å². The van der Waals surface area contributed by atoms with Gasteiger partial charge in [-0.25, -0.2) is 0 Å². The van der Waals surface area contributed by atoms with E-state index in [1.807, 2.05) is 29.5 Å². The second-order valence-electron chi connectivity index (χ2n) is 14.9. The molecule has 0 N–H and O–H groups in total. The minimum Gasteiger partial charge on any atom is -0.274 e. The van der Waals surface area contributed by atoms with E-state index in [0.717, 1.165) is 60.3 Å². The molecule has 5 aromatic heterocycles. The van der Waals surface area contributed by atoms with E-state index in [4.69, 9.17) is 4.01 Å². The molecule has 12 heteroatoms. The zero-order valence-electron chi connectivity index (χ0n) is 36.5. The molecule has 0 aliphatic heterocycles. The summed E-state index contributed by atoms with van der Waals surface area (Å²) < 4.78 is 25.8. The summed E-state index contributed by atoms with van der Waals surface area (Å²) in [5.74, 6) is 1.72. The van der Waals surface area contributed by atoms with Crippen molar-refractivity contribution in [3.05, 3.63) is 193 Å². The normalized spacial score (nSPS) is 11.8. The molecule has 0 saturated heterocycles. The second-order valence-corrected chi connectivity index (χ2v) is 33.5. The first kappa shape index (κ1) is 39.3. The van der Waals surface area contributed by atoms with Gasteiger partial charge < -0.3 is 0 Å². The molecule has 0 amide bonds. The third-order valence-corrected chi connectivity index (χ3v) is 13.2. The first-order valence-corrected chi connectivity index (χ1v) is 34.5. The van der Waals surface area contributed by atoms with Crippen molar-refractivity contribution in [1.82, 2.24) is 29.2 Å². The summed E-state index contributed by atoms with van der Waals surface area (Å²) in [7, 11) is -1.42. The number of rotatable bonds is 3. The fourth-order valence-electron chi connectivity index (χ4n) is 8.74. The Morgan fingerprint density at radius 2 is 0.891 bits per heavy atom. The van der Waals surface area contributed by atoms with Gasteiger partial charge in [0.1, 0.15) is 0 Å². The van der Waals surface area contributed by atoms with Crippen LogP contribution < -0.4 is 0 Å². The number of hydrogen-bond acceptors (Lipinski definition) is 5. The van der Waals surface area contributed by atoms with Crippen LogP contribution in [0.2, 0.25) is 0 Å². The van der Waals surface area contributed by atoms with Gasteiger partial charge in [-0.3, -0.25) is 8.80 Å². The molecule has 5 heterocycles. The van der Waals surface area contributed by atoms with Gasteiger partial charge in [-0.1, -0.05) is 174 Å². The van der Waals surface area contributed by atoms with E-state index < -0.39 is 8.30 Å². The molecule has 0 fully saturated rings. The van der Waals surface area contributed by atoms with Crippen molar-refractivity contribution < 1.29 is 11.2 Å². The van der Waals surface area contributed by atoms with E-state index in [9.17, 15) is 0 Å². The van der Waals surface area contributed by atoms with Crippen LogP contribution in [0.3, 0.4) is 0 Å². The van der Waals surface area contributed by atoms with Crippen molar-refractivity contribution in [3.63, 3.8) is 0 Å². The number of pyridine rings is 2. The third-order valence-electron chi connectivity index (χ3n) is 11.5. The summed E-state index contributed by atoms with van der Waals surface area (Å²) in [5.41, 5.74) is 8.59. The number of aromatic nitrogens is 6. The predicted molar refractivity (Wildman–Crippen MR) is 291 cm³/mol. The van der Waals surface area contributed by atoms with Crippen molar-refractivity contribution in [2.45, 2.75) is 0 Å². The Bertz CT molecular complexity index is 3910. The summed E-state index contributed by atoms with van der Waals surface area (Å²) in [5, 5.41) is 28.0. The van der Waals surface area contributed by atoms with Crippen LogP contribution in [0, 0.1) is 0 Å². The molecular formula is C52H34BBrI2N6PtS. The van der Waals surface area contributed by atoms with Crippen LogP contribution in [0.25, 0.3) is 109 Å². The molecule has 0 spiro atoms. The van der Waals surface area contributed by atoms with Crippen LogP contribution >= 0.6 is 66.0 Å². The van der Waals surface area contributed by atoms with Crippen molar-refractivity contribution in [2.75, 3.05) is 0 Å². The van der Waals surface area contributed by atoms with Gasteiger partial charge in [0.05, 0.1) is 19.3 Å². The topological polar surface area (TPSA) is 60.4 Å². The van der Waals surface area contributed by atoms with E-state index in [0.29, 0.717) is 11.2 Å². The average Bonchev–Trinajstić information content (AvgIpc) is 4.12. The Labute approximate surface area is 415 Å². The Balaban J connectivity index is 0.000000146. The molecule has 13 aromatic rings. The molecule has 64 heavy (non-hydrogen) atoms. The molecule has 8 aromatic carbocycles. The maximum Gasteiger partial charge on any atom is 0.169 e. The van der Waals surface area contributed by atoms with Gasteiger partial charge in [-0.15, -0.1) is 31.7 Å². The third kappa shape index (κ3) is 7.52. The molecule has 6 nitrogen and oxygen atoms in total. The number of fused-ring (bicyclic) bond motifs is 15. The zero-order valence-corrected chi connectivity index (χ0v) is 42.5. The Kier molecular flexibility index (Phi) is 11.3. The summed E-state index contributed by atoms with van der Waals surface area (Å²) in [6.45, 7) is 0. The van der Waals surface area contributed by atoms with E-state index >= 15 is 0 Å². The Morgan fingerprint density at radius 1 is 0.484 bits per heavy atom. The summed E-state index contributed by atoms with van der Waals surface area (Å²) in [4.78, 5) is 0. The molecular weight excluding hydrogens is 1280 g/mol. The Hall–Kier alpha value is -5.05. The van der Waals surface area contributed by atoms with E-state index in [-0.39, 0.29) is 0 Å². The number of hydrogen-bond donors (Lipinski definition) is 0. The van der Waals surface area contributed by atoms with Crippen LogP contribution in [-0.2, 0) is 11.2 Å². The maximum absolute atomic E-state index is 5.92. The first-order chi connectivity index (χ1) is 32.8. The van der Waals surface area contributed by atoms with Crippen LogP contribution in [0.5, 0.6) is 0 Å². The number of para-hydroxylation sites is 2. The fourth-order valence-corrected chi connectivity index (χ4v) is 10.2. The Morgan fingerprint density at radius 3 is 1.42 bits per heavy atom. The fraction of sp³-hybridized carbons (Fsp3) is 0. The largest absolute Gasteiger partial charge is 0.274 e. The van der Waals surface area contributed by atoms with Crippen LogP contribution in [0.15, 0.2) is 193 Å². The quantitative estimate of drug-likeness (QED) is 0.100. The molecule has 0 bridgehead atoms. The van der Waals surface area contributed by atoms with Crippen molar-refractivity contribution in [3.8, 4) is 33.9 Å². The zero-order chi connectivity index (χ0) is 46.0. The van der Waals surface area contributed by atoms with Gasteiger partial charge in [0, 0.05) is 57.3 Å². The van der Waals surface area contributed by atoms with E-state index in [2.05, 4.69) is 254 Å². The molecule has 0 radical (unpaired) electrons. The molecule has 0 aliphatic carbocycles. The van der Waals surface area contributed by atoms with E-state index in [1.54, 1.807) is 0 Å². The summed E-state index contributed by atoms with van der Waals surface area (Å²) in [6.07, 6.45) is 0. The van der Waals surface area contributed by atoms with Crippen LogP contribution in [-0.4, -0.2) is 41.5 Å². The first-order valence-electron chi connectivity index (χ1n) is 21.7. The number of benzene rings is 8. The van der Waals surface area contributed by atoms with Crippen molar-refractivity contribution in [1.29, 1.82) is 4.01 Å².